The second-order valence-electron chi connectivity index (χ2n) is 6.56. The number of carbonyl (C=O) groups is 1. The minimum Gasteiger partial charge on any atom is -0.376 e. The molecular weight excluding hydrogens is 326 g/mol. The van der Waals surface area contributed by atoms with E-state index in [1.54, 1.807) is 0 Å². The number of hydrogen-bond acceptors (Lipinski definition) is 4. The molecule has 2 fully saturated rings. The van der Waals surface area contributed by atoms with E-state index >= 15 is 0 Å². The second-order valence-corrected chi connectivity index (χ2v) is 6.99. The van der Waals surface area contributed by atoms with E-state index in [0.29, 0.717) is 6.54 Å². The monoisotopic (exact) mass is 351 g/mol. The minimum absolute atomic E-state index is 0.0984. The number of ether oxygens (including phenoxy) is 1. The summed E-state index contributed by atoms with van der Waals surface area (Å²) in [4.78, 5) is 16.9. The van der Waals surface area contributed by atoms with Gasteiger partial charge < -0.3 is 15.0 Å². The summed E-state index contributed by atoms with van der Waals surface area (Å²) >= 11 is 5.95. The van der Waals surface area contributed by atoms with Crippen molar-refractivity contribution in [1.82, 2.24) is 10.2 Å². The van der Waals surface area contributed by atoms with Crippen LogP contribution < -0.4 is 10.2 Å². The van der Waals surface area contributed by atoms with Gasteiger partial charge in [0.05, 0.1) is 12.1 Å². The molecule has 24 heavy (non-hydrogen) atoms. The number of carbonyl (C=O) groups excluding carboxylic acids is 1. The summed E-state index contributed by atoms with van der Waals surface area (Å²) in [5.74, 6) is 0.102. The van der Waals surface area contributed by atoms with E-state index in [1.165, 1.54) is 5.69 Å². The number of halogens is 1. The lowest BCUT2D eigenvalue weighted by molar-refractivity contribution is -0.126. The number of hydrogen-bond donors (Lipinski definition) is 1. The average molecular weight is 352 g/mol. The fraction of sp³-hybridized carbons (Fsp3) is 0.611. The Morgan fingerprint density at radius 1 is 1.29 bits per heavy atom. The van der Waals surface area contributed by atoms with Crippen LogP contribution in [0.4, 0.5) is 5.69 Å². The minimum atomic E-state index is -0.0984. The van der Waals surface area contributed by atoms with Gasteiger partial charge >= 0.3 is 0 Å². The van der Waals surface area contributed by atoms with Crippen LogP contribution in [0.5, 0.6) is 0 Å². The molecule has 0 spiro atoms. The Morgan fingerprint density at radius 3 is 2.62 bits per heavy atom. The van der Waals surface area contributed by atoms with Gasteiger partial charge in [0.15, 0.2) is 0 Å². The molecule has 0 aromatic heterocycles. The van der Waals surface area contributed by atoms with E-state index in [0.717, 1.165) is 50.7 Å². The Hall–Kier alpha value is -1.30. The van der Waals surface area contributed by atoms with Crippen molar-refractivity contribution < 1.29 is 9.53 Å². The molecule has 2 saturated heterocycles. The summed E-state index contributed by atoms with van der Waals surface area (Å²) in [5, 5.41) is 3.80. The number of amides is 1. The van der Waals surface area contributed by atoms with Crippen molar-refractivity contribution in [3.8, 4) is 0 Å². The summed E-state index contributed by atoms with van der Waals surface area (Å²) in [6.07, 6.45) is 2.35. The zero-order valence-electron chi connectivity index (χ0n) is 14.2. The van der Waals surface area contributed by atoms with Gasteiger partial charge in [0.25, 0.3) is 0 Å². The van der Waals surface area contributed by atoms with Crippen molar-refractivity contribution in [2.45, 2.75) is 31.9 Å². The highest BCUT2D eigenvalue weighted by Gasteiger charge is 2.26. The quantitative estimate of drug-likeness (QED) is 0.882. The predicted molar refractivity (Wildman–Crippen MR) is 96.7 cm³/mol. The molecule has 0 radical (unpaired) electrons. The summed E-state index contributed by atoms with van der Waals surface area (Å²) in [5.41, 5.74) is 1.19. The zero-order chi connectivity index (χ0) is 16.9. The third kappa shape index (κ3) is 4.41. The van der Waals surface area contributed by atoms with Gasteiger partial charge in [-0.2, -0.15) is 0 Å². The molecular formula is C18H26ClN3O2. The topological polar surface area (TPSA) is 44.8 Å². The molecule has 2 heterocycles. The highest BCUT2D eigenvalue weighted by atomic mass is 35.5. The smallest absolute Gasteiger partial charge is 0.237 e. The van der Waals surface area contributed by atoms with Gasteiger partial charge in [-0.05, 0) is 44.0 Å². The zero-order valence-corrected chi connectivity index (χ0v) is 15.0. The first kappa shape index (κ1) is 17.5. The van der Waals surface area contributed by atoms with Gasteiger partial charge in [-0.25, -0.2) is 0 Å². The van der Waals surface area contributed by atoms with Crippen LogP contribution >= 0.6 is 11.6 Å². The Balaban J connectivity index is 1.44. The summed E-state index contributed by atoms with van der Waals surface area (Å²) in [6.45, 7) is 7.06. The lowest BCUT2D eigenvalue weighted by Gasteiger charge is -2.38. The van der Waals surface area contributed by atoms with Crippen LogP contribution in [-0.2, 0) is 9.53 Å². The van der Waals surface area contributed by atoms with E-state index in [1.807, 2.05) is 19.1 Å². The standard InChI is InChI=1S/C18H26ClN3O2/c1-14(18(23)20-13-17-3-2-12-24-17)21-8-10-22(11-9-21)16-6-4-15(19)5-7-16/h4-7,14,17H,2-3,8-13H2,1H3,(H,20,23). The van der Waals surface area contributed by atoms with Crippen LogP contribution in [0.2, 0.25) is 5.02 Å². The van der Waals surface area contributed by atoms with Crippen LogP contribution in [0, 0.1) is 0 Å². The highest BCUT2D eigenvalue weighted by Crippen LogP contribution is 2.20. The SMILES string of the molecule is CC(C(=O)NCC1CCCO1)N1CCN(c2ccc(Cl)cc2)CC1. The van der Waals surface area contributed by atoms with Crippen molar-refractivity contribution in [3.63, 3.8) is 0 Å². The van der Waals surface area contributed by atoms with Crippen molar-refractivity contribution in [2.24, 2.45) is 0 Å². The second kappa shape index (κ2) is 8.19. The van der Waals surface area contributed by atoms with Gasteiger partial charge in [0.2, 0.25) is 5.91 Å². The van der Waals surface area contributed by atoms with Crippen LogP contribution in [-0.4, -0.2) is 62.3 Å². The molecule has 6 heteroatoms. The average Bonchev–Trinajstić information content (AvgIpc) is 3.13. The summed E-state index contributed by atoms with van der Waals surface area (Å²) in [6, 6.07) is 7.85. The fourth-order valence-electron chi connectivity index (χ4n) is 3.35. The molecule has 0 aliphatic carbocycles. The molecule has 2 atom stereocenters. The van der Waals surface area contributed by atoms with E-state index in [9.17, 15) is 4.79 Å². The number of benzene rings is 1. The Labute approximate surface area is 148 Å². The number of nitrogens with one attached hydrogen (secondary N) is 1. The number of piperazine rings is 1. The molecule has 0 saturated carbocycles. The molecule has 3 rings (SSSR count). The van der Waals surface area contributed by atoms with Crippen LogP contribution in [0.15, 0.2) is 24.3 Å². The van der Waals surface area contributed by atoms with Crippen molar-refractivity contribution in [3.05, 3.63) is 29.3 Å². The molecule has 0 bridgehead atoms. The first-order chi connectivity index (χ1) is 11.6. The maximum absolute atomic E-state index is 12.4. The highest BCUT2D eigenvalue weighted by molar-refractivity contribution is 6.30. The predicted octanol–water partition coefficient (Wildman–Crippen LogP) is 2.15. The van der Waals surface area contributed by atoms with Crippen molar-refractivity contribution in [1.29, 1.82) is 0 Å². The van der Waals surface area contributed by atoms with Crippen molar-refractivity contribution in [2.75, 3.05) is 44.2 Å². The number of rotatable bonds is 5. The first-order valence-corrected chi connectivity index (χ1v) is 9.15. The van der Waals surface area contributed by atoms with Crippen LogP contribution in [0.25, 0.3) is 0 Å². The molecule has 2 unspecified atom stereocenters. The van der Waals surface area contributed by atoms with Crippen molar-refractivity contribution >= 4 is 23.2 Å². The maximum Gasteiger partial charge on any atom is 0.237 e. The fourth-order valence-corrected chi connectivity index (χ4v) is 3.48. The molecule has 132 valence electrons. The summed E-state index contributed by atoms with van der Waals surface area (Å²) < 4.78 is 5.56. The molecule has 1 aromatic rings. The molecule has 2 aliphatic rings. The molecule has 1 N–H and O–H groups in total. The molecule has 1 aromatic carbocycles. The molecule has 1 amide bonds. The summed E-state index contributed by atoms with van der Waals surface area (Å²) in [7, 11) is 0. The molecule has 2 aliphatic heterocycles. The number of nitrogens with zero attached hydrogens (tertiary/aromatic N) is 2. The van der Waals surface area contributed by atoms with Crippen LogP contribution in [0.3, 0.4) is 0 Å². The Morgan fingerprint density at radius 2 is 2.00 bits per heavy atom. The van der Waals surface area contributed by atoms with E-state index in [4.69, 9.17) is 16.3 Å². The first-order valence-electron chi connectivity index (χ1n) is 8.77. The van der Waals surface area contributed by atoms with Gasteiger partial charge in [-0.1, -0.05) is 11.6 Å². The lowest BCUT2D eigenvalue weighted by atomic mass is 10.2. The van der Waals surface area contributed by atoms with E-state index in [-0.39, 0.29) is 18.1 Å². The number of anilines is 1. The lowest BCUT2D eigenvalue weighted by Crippen LogP contribution is -2.54. The largest absolute Gasteiger partial charge is 0.376 e. The Bertz CT molecular complexity index is 538. The van der Waals surface area contributed by atoms with E-state index in [2.05, 4.69) is 27.2 Å². The van der Waals surface area contributed by atoms with Crippen LogP contribution in [0.1, 0.15) is 19.8 Å². The van der Waals surface area contributed by atoms with Gasteiger partial charge in [0, 0.05) is 50.0 Å². The third-order valence-electron chi connectivity index (χ3n) is 4.96. The van der Waals surface area contributed by atoms with Gasteiger partial charge in [0.1, 0.15) is 0 Å². The van der Waals surface area contributed by atoms with Gasteiger partial charge in [-0.15, -0.1) is 0 Å². The maximum atomic E-state index is 12.4. The van der Waals surface area contributed by atoms with Gasteiger partial charge in [-0.3, -0.25) is 9.69 Å². The Kier molecular flexibility index (Phi) is 5.98. The van der Waals surface area contributed by atoms with E-state index < -0.39 is 0 Å². The third-order valence-corrected chi connectivity index (χ3v) is 5.21. The normalized spacial score (nSPS) is 23.2. The molecule has 5 nitrogen and oxygen atoms in total.